The van der Waals surface area contributed by atoms with Crippen molar-refractivity contribution in [3.63, 3.8) is 0 Å². The smallest absolute Gasteiger partial charge is 0.269 e. The van der Waals surface area contributed by atoms with Gasteiger partial charge in [-0.1, -0.05) is 24.6 Å². The Morgan fingerprint density at radius 1 is 1.25 bits per heavy atom. The van der Waals surface area contributed by atoms with Crippen LogP contribution >= 0.6 is 0 Å². The molecule has 0 aliphatic carbocycles. The first kappa shape index (κ1) is 13.1. The highest BCUT2D eigenvalue weighted by molar-refractivity contribution is 6.07. The minimum atomic E-state index is -0.290. The number of nitrogen functional groups attached to an aromatic ring is 1. The first-order valence-electron chi connectivity index (χ1n) is 7.03. The third kappa shape index (κ3) is 2.42. The highest BCUT2D eigenvalue weighted by Gasteiger charge is 2.22. The number of benzene rings is 1. The van der Waals surface area contributed by atoms with Crippen LogP contribution in [-0.2, 0) is 6.54 Å². The normalized spacial score (nSPS) is 16.4. The van der Waals surface area contributed by atoms with E-state index in [9.17, 15) is 4.79 Å². The second kappa shape index (κ2) is 5.64. The van der Waals surface area contributed by atoms with E-state index in [0.29, 0.717) is 17.9 Å². The van der Waals surface area contributed by atoms with Crippen LogP contribution in [0.5, 0.6) is 0 Å². The van der Waals surface area contributed by atoms with Gasteiger partial charge in [-0.05, 0) is 32.0 Å². The van der Waals surface area contributed by atoms with Crippen LogP contribution in [0.3, 0.4) is 0 Å². The lowest BCUT2D eigenvalue weighted by Crippen LogP contribution is -2.33. The molecule has 1 amide bonds. The Balaban J connectivity index is 1.97. The summed E-state index contributed by atoms with van der Waals surface area (Å²) >= 11 is 0. The summed E-state index contributed by atoms with van der Waals surface area (Å²) < 4.78 is 5.87. The second-order valence-electron chi connectivity index (χ2n) is 5.21. The fourth-order valence-electron chi connectivity index (χ4n) is 2.85. The maximum Gasteiger partial charge on any atom is 0.269 e. The zero-order valence-corrected chi connectivity index (χ0v) is 11.4. The van der Waals surface area contributed by atoms with Crippen molar-refractivity contribution >= 4 is 16.9 Å². The van der Waals surface area contributed by atoms with Crippen molar-refractivity contribution in [1.29, 1.82) is 0 Å². The van der Waals surface area contributed by atoms with Crippen molar-refractivity contribution in [3.8, 4) is 0 Å². The van der Waals surface area contributed by atoms with Crippen molar-refractivity contribution in [2.45, 2.75) is 25.8 Å². The van der Waals surface area contributed by atoms with Crippen LogP contribution in [0, 0.1) is 0 Å². The molecule has 3 N–H and O–H groups in total. The van der Waals surface area contributed by atoms with Crippen LogP contribution in [0.1, 0.15) is 35.4 Å². The fourth-order valence-corrected chi connectivity index (χ4v) is 2.85. The molecular formula is C15H19N3O2. The first-order valence-corrected chi connectivity index (χ1v) is 7.03. The van der Waals surface area contributed by atoms with E-state index < -0.39 is 0 Å². The molecule has 0 saturated carbocycles. The number of carbonyl (C=O) groups is 1. The molecule has 0 radical (unpaired) electrons. The molecule has 5 heteroatoms. The van der Waals surface area contributed by atoms with E-state index in [1.807, 2.05) is 24.3 Å². The number of likely N-dealkylation sites (tertiary alicyclic amines) is 1. The van der Waals surface area contributed by atoms with Crippen LogP contribution in [0.15, 0.2) is 28.7 Å². The number of fused-ring (bicyclic) bond motifs is 1. The Bertz CT molecular complexity index is 615. The zero-order valence-electron chi connectivity index (χ0n) is 11.4. The number of rotatable bonds is 3. The molecule has 0 spiro atoms. The number of furan rings is 1. The summed E-state index contributed by atoms with van der Waals surface area (Å²) in [4.78, 5) is 14.4. The van der Waals surface area contributed by atoms with Crippen molar-refractivity contribution in [1.82, 2.24) is 10.3 Å². The largest absolute Gasteiger partial charge is 0.459 e. The third-order valence-electron chi connectivity index (χ3n) is 3.84. The highest BCUT2D eigenvalue weighted by atomic mass is 16.3. The third-order valence-corrected chi connectivity index (χ3v) is 3.84. The van der Waals surface area contributed by atoms with Gasteiger partial charge in [-0.25, -0.2) is 5.84 Å². The summed E-state index contributed by atoms with van der Waals surface area (Å²) in [6.45, 7) is 2.78. The van der Waals surface area contributed by atoms with Gasteiger partial charge in [-0.3, -0.25) is 15.1 Å². The molecule has 1 fully saturated rings. The van der Waals surface area contributed by atoms with E-state index in [0.717, 1.165) is 24.1 Å². The summed E-state index contributed by atoms with van der Waals surface area (Å²) in [6, 6.07) is 7.57. The zero-order chi connectivity index (χ0) is 13.9. The molecule has 2 heterocycles. The Morgan fingerprint density at radius 3 is 2.75 bits per heavy atom. The van der Waals surface area contributed by atoms with Gasteiger partial charge in [0.25, 0.3) is 5.91 Å². The van der Waals surface area contributed by atoms with Crippen LogP contribution in [0.25, 0.3) is 11.0 Å². The summed E-state index contributed by atoms with van der Waals surface area (Å²) in [5.74, 6) is 5.72. The van der Waals surface area contributed by atoms with E-state index in [1.54, 1.807) is 0 Å². The SMILES string of the molecule is NNC(=O)c1c(CN2CCCCC2)oc2ccccc12. The highest BCUT2D eigenvalue weighted by Crippen LogP contribution is 2.27. The number of hydrazine groups is 1. The number of carbonyl (C=O) groups excluding carboxylic acids is 1. The van der Waals surface area contributed by atoms with E-state index in [-0.39, 0.29) is 5.91 Å². The average Bonchev–Trinajstić information content (AvgIpc) is 2.85. The topological polar surface area (TPSA) is 71.5 Å². The van der Waals surface area contributed by atoms with Crippen molar-refractivity contribution in [2.75, 3.05) is 13.1 Å². The number of hydrogen-bond donors (Lipinski definition) is 2. The number of amides is 1. The number of nitrogens with two attached hydrogens (primary N) is 1. The van der Waals surface area contributed by atoms with Crippen molar-refractivity contribution in [3.05, 3.63) is 35.6 Å². The molecule has 20 heavy (non-hydrogen) atoms. The predicted molar refractivity (Wildman–Crippen MR) is 77.0 cm³/mol. The lowest BCUT2D eigenvalue weighted by atomic mass is 10.1. The molecule has 1 aromatic heterocycles. The van der Waals surface area contributed by atoms with Crippen LogP contribution in [0.4, 0.5) is 0 Å². The summed E-state index contributed by atoms with van der Waals surface area (Å²) in [6.07, 6.45) is 3.70. The Hall–Kier alpha value is -1.85. The van der Waals surface area contributed by atoms with E-state index in [4.69, 9.17) is 10.3 Å². The molecular weight excluding hydrogens is 254 g/mol. The van der Waals surface area contributed by atoms with Gasteiger partial charge in [-0.2, -0.15) is 0 Å². The quantitative estimate of drug-likeness (QED) is 0.510. The Labute approximate surface area is 117 Å². The molecule has 0 unspecified atom stereocenters. The molecule has 3 rings (SSSR count). The van der Waals surface area contributed by atoms with Crippen LogP contribution in [-0.4, -0.2) is 23.9 Å². The van der Waals surface area contributed by atoms with Crippen molar-refractivity contribution < 1.29 is 9.21 Å². The fraction of sp³-hybridized carbons (Fsp3) is 0.400. The minimum Gasteiger partial charge on any atom is -0.459 e. The molecule has 0 atom stereocenters. The Kier molecular flexibility index (Phi) is 3.71. The number of nitrogens with zero attached hydrogens (tertiary/aromatic N) is 1. The molecule has 1 aromatic carbocycles. The Morgan fingerprint density at radius 2 is 2.00 bits per heavy atom. The van der Waals surface area contributed by atoms with Gasteiger partial charge in [0.2, 0.25) is 0 Å². The van der Waals surface area contributed by atoms with E-state index >= 15 is 0 Å². The molecule has 0 bridgehead atoms. The molecule has 1 aliphatic rings. The van der Waals surface area contributed by atoms with Gasteiger partial charge in [0, 0.05) is 5.39 Å². The number of nitrogens with one attached hydrogen (secondary N) is 1. The average molecular weight is 273 g/mol. The summed E-state index contributed by atoms with van der Waals surface area (Å²) in [7, 11) is 0. The van der Waals surface area contributed by atoms with Gasteiger partial charge in [-0.15, -0.1) is 0 Å². The first-order chi connectivity index (χ1) is 9.79. The number of hydrogen-bond acceptors (Lipinski definition) is 4. The number of piperidine rings is 1. The van der Waals surface area contributed by atoms with Gasteiger partial charge in [0.1, 0.15) is 11.3 Å². The van der Waals surface area contributed by atoms with Gasteiger partial charge in [0.15, 0.2) is 0 Å². The second-order valence-corrected chi connectivity index (χ2v) is 5.21. The maximum atomic E-state index is 12.0. The molecule has 5 nitrogen and oxygen atoms in total. The monoisotopic (exact) mass is 273 g/mol. The van der Waals surface area contributed by atoms with Gasteiger partial charge < -0.3 is 4.42 Å². The summed E-state index contributed by atoms with van der Waals surface area (Å²) in [5.41, 5.74) is 3.52. The molecule has 1 saturated heterocycles. The predicted octanol–water partition coefficient (Wildman–Crippen LogP) is 2.02. The standard InChI is InChI=1S/C15H19N3O2/c16-17-15(19)14-11-6-2-3-7-12(11)20-13(14)10-18-8-4-1-5-9-18/h2-3,6-7H,1,4-5,8-10,16H2,(H,17,19). The van der Waals surface area contributed by atoms with E-state index in [2.05, 4.69) is 10.3 Å². The van der Waals surface area contributed by atoms with Gasteiger partial charge in [0.05, 0.1) is 12.1 Å². The molecule has 106 valence electrons. The summed E-state index contributed by atoms with van der Waals surface area (Å²) in [5, 5.41) is 0.822. The molecule has 2 aromatic rings. The maximum absolute atomic E-state index is 12.0. The molecule has 1 aliphatic heterocycles. The minimum absolute atomic E-state index is 0.290. The van der Waals surface area contributed by atoms with Crippen LogP contribution < -0.4 is 11.3 Å². The lowest BCUT2D eigenvalue weighted by Gasteiger charge is -2.25. The van der Waals surface area contributed by atoms with E-state index in [1.165, 1.54) is 19.3 Å². The number of para-hydroxylation sites is 1. The van der Waals surface area contributed by atoms with Crippen LogP contribution in [0.2, 0.25) is 0 Å². The van der Waals surface area contributed by atoms with Crippen molar-refractivity contribution in [2.24, 2.45) is 5.84 Å². The van der Waals surface area contributed by atoms with Gasteiger partial charge >= 0.3 is 0 Å². The lowest BCUT2D eigenvalue weighted by molar-refractivity contribution is 0.0950.